The van der Waals surface area contributed by atoms with Crippen molar-refractivity contribution < 1.29 is 41.3 Å². The third kappa shape index (κ3) is 8.33. The minimum atomic E-state index is -2.33. The summed E-state index contributed by atoms with van der Waals surface area (Å²) in [6.07, 6.45) is -1.21. The van der Waals surface area contributed by atoms with Crippen molar-refractivity contribution in [2.45, 2.75) is 51.5 Å². The van der Waals surface area contributed by atoms with Gasteiger partial charge in [0.1, 0.15) is 5.56 Å². The highest BCUT2D eigenvalue weighted by molar-refractivity contribution is 5.94. The third-order valence-corrected chi connectivity index (χ3v) is 10.8. The van der Waals surface area contributed by atoms with Crippen LogP contribution in [0.15, 0.2) is 115 Å². The summed E-state index contributed by atoms with van der Waals surface area (Å²) in [5.41, 5.74) is 4.33. The van der Waals surface area contributed by atoms with E-state index < -0.39 is 46.8 Å². The summed E-state index contributed by atoms with van der Waals surface area (Å²) in [7, 11) is 2.10. The van der Waals surface area contributed by atoms with Gasteiger partial charge in [-0.05, 0) is 70.3 Å². The van der Waals surface area contributed by atoms with Gasteiger partial charge in [-0.25, -0.2) is 22.0 Å². The number of benzene rings is 6. The van der Waals surface area contributed by atoms with Crippen LogP contribution in [0.1, 0.15) is 70.5 Å². The van der Waals surface area contributed by atoms with Crippen molar-refractivity contribution in [2.24, 2.45) is 5.92 Å². The summed E-state index contributed by atoms with van der Waals surface area (Å²) in [6, 6.07) is 37.3. The molecule has 1 aliphatic rings. The number of hydrogen-bond donors (Lipinski definition) is 2. The Morgan fingerprint density at radius 2 is 1.37 bits per heavy atom. The lowest BCUT2D eigenvalue weighted by molar-refractivity contribution is -0.276. The van der Waals surface area contributed by atoms with Gasteiger partial charge in [0.15, 0.2) is 29.6 Å². The van der Waals surface area contributed by atoms with Crippen LogP contribution in [0.3, 0.4) is 0 Å². The monoisotopic (exact) mass is 780 g/mol. The van der Waals surface area contributed by atoms with E-state index in [4.69, 9.17) is 9.47 Å². The minimum Gasteiger partial charge on any atom is -0.392 e. The molecule has 1 aliphatic heterocycles. The molecule has 7 rings (SSSR count). The first kappa shape index (κ1) is 39.8. The van der Waals surface area contributed by atoms with Crippen molar-refractivity contribution in [3.05, 3.63) is 178 Å². The summed E-state index contributed by atoms with van der Waals surface area (Å²) in [6.45, 7) is 4.65. The van der Waals surface area contributed by atoms with Gasteiger partial charge in [0.2, 0.25) is 5.82 Å². The number of fused-ring (bicyclic) bond motifs is 1. The number of ether oxygens (including phenoxy) is 2. The van der Waals surface area contributed by atoms with Gasteiger partial charge in [0.25, 0.3) is 5.91 Å². The molecule has 0 aromatic heterocycles. The van der Waals surface area contributed by atoms with Gasteiger partial charge in [0, 0.05) is 30.6 Å². The minimum absolute atomic E-state index is 0.0240. The second-order valence-electron chi connectivity index (χ2n) is 14.5. The van der Waals surface area contributed by atoms with E-state index in [0.29, 0.717) is 12.1 Å². The summed E-state index contributed by atoms with van der Waals surface area (Å²) in [4.78, 5) is 14.8. The molecule has 11 heteroatoms. The zero-order chi connectivity index (χ0) is 40.4. The molecule has 1 saturated heterocycles. The first-order valence-corrected chi connectivity index (χ1v) is 18.6. The van der Waals surface area contributed by atoms with Gasteiger partial charge in [0.05, 0.1) is 18.8 Å². The van der Waals surface area contributed by atoms with E-state index in [9.17, 15) is 31.9 Å². The molecule has 5 atom stereocenters. The number of carbonyl (C=O) groups excluding carboxylic acids is 1. The molecule has 0 radical (unpaired) electrons. The number of likely N-dealkylation sites (N-methyl/N-ethyl adjacent to an activating group) is 1. The fourth-order valence-electron chi connectivity index (χ4n) is 7.26. The van der Waals surface area contributed by atoms with Crippen molar-refractivity contribution in [1.29, 1.82) is 0 Å². The fraction of sp³-hybridized carbons (Fsp3) is 0.239. The molecule has 1 fully saturated rings. The number of rotatable bonds is 11. The van der Waals surface area contributed by atoms with Gasteiger partial charge in [-0.15, -0.1) is 0 Å². The van der Waals surface area contributed by atoms with Gasteiger partial charge >= 0.3 is 0 Å². The lowest BCUT2D eigenvalue weighted by atomic mass is 9.89. The molecule has 0 unspecified atom stereocenters. The number of aliphatic hydroxyl groups is 1. The number of nitrogens with one attached hydrogen (secondary N) is 1. The maximum atomic E-state index is 14.2. The van der Waals surface area contributed by atoms with E-state index in [-0.39, 0.29) is 37.3 Å². The Bertz CT molecular complexity index is 2360. The van der Waals surface area contributed by atoms with Crippen LogP contribution in [0.25, 0.3) is 21.9 Å². The number of nitrogens with zero attached hydrogens (tertiary/aromatic N) is 1. The molecule has 2 N–H and O–H groups in total. The second-order valence-corrected chi connectivity index (χ2v) is 14.5. The van der Waals surface area contributed by atoms with Crippen LogP contribution in [0.2, 0.25) is 0 Å². The first-order chi connectivity index (χ1) is 27.4. The maximum absolute atomic E-state index is 14.2. The van der Waals surface area contributed by atoms with Crippen LogP contribution in [0.4, 0.5) is 22.0 Å². The Morgan fingerprint density at radius 1 is 0.719 bits per heavy atom. The molecule has 1 heterocycles. The second kappa shape index (κ2) is 17.0. The summed E-state index contributed by atoms with van der Waals surface area (Å²) in [5, 5.41) is 14.3. The van der Waals surface area contributed by atoms with Gasteiger partial charge < -0.3 is 19.9 Å². The molecule has 0 saturated carbocycles. The fourth-order valence-corrected chi connectivity index (χ4v) is 7.26. The smallest absolute Gasteiger partial charge is 0.257 e. The van der Waals surface area contributed by atoms with Gasteiger partial charge in [-0.1, -0.05) is 110 Å². The molecule has 294 valence electrons. The van der Waals surface area contributed by atoms with E-state index in [2.05, 4.69) is 61.4 Å². The lowest BCUT2D eigenvalue weighted by Gasteiger charge is -2.43. The molecule has 6 nitrogen and oxygen atoms in total. The average molecular weight is 781 g/mol. The number of aliphatic hydroxyl groups excluding tert-OH is 1. The number of halogens is 5. The molecule has 6 aromatic rings. The Morgan fingerprint density at radius 3 is 2.05 bits per heavy atom. The zero-order valence-electron chi connectivity index (χ0n) is 31.5. The normalized spacial score (nSPS) is 18.8. The topological polar surface area (TPSA) is 71.0 Å². The molecular formula is C46H41F5N2O4. The van der Waals surface area contributed by atoms with E-state index >= 15 is 0 Å². The van der Waals surface area contributed by atoms with Crippen molar-refractivity contribution in [2.75, 3.05) is 13.6 Å². The van der Waals surface area contributed by atoms with Crippen LogP contribution in [0, 0.1) is 35.0 Å². The number of hydrogen-bond acceptors (Lipinski definition) is 5. The summed E-state index contributed by atoms with van der Waals surface area (Å²) >= 11 is 0. The van der Waals surface area contributed by atoms with E-state index in [1.807, 2.05) is 66.7 Å². The lowest BCUT2D eigenvalue weighted by Crippen LogP contribution is -2.44. The van der Waals surface area contributed by atoms with Crippen LogP contribution in [0.5, 0.6) is 0 Å². The van der Waals surface area contributed by atoms with Crippen molar-refractivity contribution in [3.63, 3.8) is 0 Å². The molecule has 0 aliphatic carbocycles. The van der Waals surface area contributed by atoms with Gasteiger partial charge in [-0.3, -0.25) is 9.69 Å². The molecule has 0 bridgehead atoms. The predicted octanol–water partition coefficient (Wildman–Crippen LogP) is 10.1. The van der Waals surface area contributed by atoms with E-state index in [1.54, 1.807) is 18.2 Å². The average Bonchev–Trinajstić information content (AvgIpc) is 3.24. The zero-order valence-corrected chi connectivity index (χ0v) is 31.5. The van der Waals surface area contributed by atoms with Crippen LogP contribution in [-0.2, 0) is 22.6 Å². The molecule has 0 spiro atoms. The van der Waals surface area contributed by atoms with Crippen LogP contribution in [-0.4, -0.2) is 35.6 Å². The molecular weight excluding hydrogens is 740 g/mol. The van der Waals surface area contributed by atoms with Gasteiger partial charge in [-0.2, -0.15) is 0 Å². The standard InChI is InChI=1S/C46H41F5N2O4/c1-26-37(24-53(3)27(2)34-20-17-30-8-4-5-9-36(30)22-34)56-46(57-44(26)32-13-11-28(25-54)12-14-32)33-18-15-31(16-19-33)35-10-6-7-29(21-35)23-52-45(55)38-39(47)41(49)43(51)42(50)40(38)48/h4-22,26-27,37,44,46,54H,23-25H2,1-3H3,(H,52,55)/t26-,27-,37+,44+,46+/m1/s1. The Balaban J connectivity index is 1.08. The molecule has 57 heavy (non-hydrogen) atoms. The number of amides is 1. The Hall–Kier alpha value is -5.46. The summed E-state index contributed by atoms with van der Waals surface area (Å²) in [5.74, 6) is -12.6. The highest BCUT2D eigenvalue weighted by atomic mass is 19.2. The SMILES string of the molecule is C[C@@H]1[C@H](CN(C)[C@H](C)c2ccc3ccccc3c2)O[C@H](c2ccc(-c3cccc(CNC(=O)c4c(F)c(F)c(F)c(F)c4F)c3)cc2)O[C@@H]1c1ccc(CO)cc1. The number of carbonyl (C=O) groups is 1. The van der Waals surface area contributed by atoms with Crippen molar-refractivity contribution in [1.82, 2.24) is 10.2 Å². The van der Waals surface area contributed by atoms with Crippen LogP contribution < -0.4 is 5.32 Å². The Kier molecular flexibility index (Phi) is 11.8. The highest BCUT2D eigenvalue weighted by Gasteiger charge is 2.39. The molecule has 1 amide bonds. The van der Waals surface area contributed by atoms with Crippen molar-refractivity contribution >= 4 is 16.7 Å². The van der Waals surface area contributed by atoms with E-state index in [0.717, 1.165) is 27.8 Å². The van der Waals surface area contributed by atoms with E-state index in [1.165, 1.54) is 16.3 Å². The highest BCUT2D eigenvalue weighted by Crippen LogP contribution is 2.42. The first-order valence-electron chi connectivity index (χ1n) is 18.6. The molecule has 6 aromatic carbocycles. The maximum Gasteiger partial charge on any atom is 0.257 e. The predicted molar refractivity (Wildman–Crippen MR) is 207 cm³/mol. The summed E-state index contributed by atoms with van der Waals surface area (Å²) < 4.78 is 82.6. The third-order valence-electron chi connectivity index (χ3n) is 10.8. The quantitative estimate of drug-likeness (QED) is 0.0779. The van der Waals surface area contributed by atoms with Crippen molar-refractivity contribution in [3.8, 4) is 11.1 Å². The largest absolute Gasteiger partial charge is 0.392 e. The van der Waals surface area contributed by atoms with Crippen LogP contribution >= 0.6 is 0 Å². The Labute approximate surface area is 327 Å².